The van der Waals surface area contributed by atoms with E-state index in [1.807, 2.05) is 101 Å². The van der Waals surface area contributed by atoms with Crippen LogP contribution in [0.2, 0.25) is 10.0 Å². The molecular weight excluding hydrogens is 1360 g/mol. The molecule has 20 bridgehead atoms. The molecule has 6 aliphatic carbocycles. The molecule has 16 nitrogen and oxygen atoms in total. The molecule has 506 valence electrons. The number of nitrogens with one attached hydrogen (secondary N) is 1. The number of carbonyl (C=O) groups is 2. The van der Waals surface area contributed by atoms with E-state index in [2.05, 4.69) is 100 Å². The highest BCUT2D eigenvalue weighted by Gasteiger charge is 2.60. The lowest BCUT2D eigenvalue weighted by Gasteiger charge is -2.61. The van der Waals surface area contributed by atoms with E-state index in [0.717, 1.165) is 184 Å². The molecule has 0 atom stereocenters. The van der Waals surface area contributed by atoms with Gasteiger partial charge in [-0.25, -0.2) is 9.59 Å². The normalized spacial score (nSPS) is 20.6. The fourth-order valence-corrected chi connectivity index (χ4v) is 21.1. The number of hydrogen-bond donors (Lipinski definition) is 3. The zero-order valence-corrected chi connectivity index (χ0v) is 60.5. The molecule has 6 saturated carbocycles. The van der Waals surface area contributed by atoms with Crippen LogP contribution in [0.3, 0.4) is 0 Å². The predicted molar refractivity (Wildman–Crippen MR) is 399 cm³/mol. The number of benzene rings is 6. The Hall–Kier alpha value is -7.72. The summed E-state index contributed by atoms with van der Waals surface area (Å²) in [5.74, 6) is 5.96. The minimum atomic E-state index is -0.947. The summed E-state index contributed by atoms with van der Waals surface area (Å²) in [5.41, 5.74) is 16.3. The SMILES string of the molecule is Cc1nn(C23CC(C2)C3)c2c1-c1c(Cl)ccc3c(c(C(=O)O)n(C)c13)CCCOc1cc(cc3ccccc13)SCc1cc(n[nH]1)CSC2.Cc1nn(C23CC(C2)C3)c2c1-c1c(Cl)ccc3c(c(C(=O)O)n(C)c13)CCCOc1cc(cc3ccccc13)SCc1cc(nn1C)CSC2. The molecule has 0 saturated heterocycles. The number of ether oxygens (including phenoxy) is 2. The van der Waals surface area contributed by atoms with Gasteiger partial charge in [0.25, 0.3) is 0 Å². The van der Waals surface area contributed by atoms with Crippen LogP contribution >= 0.6 is 70.2 Å². The number of thioether (sulfide) groups is 4. The smallest absolute Gasteiger partial charge is 0.352 e. The Bertz CT molecular complexity index is 5280. The highest BCUT2D eigenvalue weighted by molar-refractivity contribution is 7.99. The first kappa shape index (κ1) is 64.6. The molecule has 20 rings (SSSR count). The number of nitrogens with zero attached hydrogens (tertiary/aromatic N) is 9. The number of aromatic nitrogens is 10. The molecule has 6 aromatic heterocycles. The van der Waals surface area contributed by atoms with Crippen LogP contribution in [-0.4, -0.2) is 84.0 Å². The van der Waals surface area contributed by atoms with Gasteiger partial charge >= 0.3 is 11.9 Å². The van der Waals surface area contributed by atoms with Crippen molar-refractivity contribution in [3.8, 4) is 33.8 Å². The van der Waals surface area contributed by atoms with Crippen molar-refractivity contribution in [1.82, 2.24) is 48.7 Å². The van der Waals surface area contributed by atoms with Crippen LogP contribution in [0.4, 0.5) is 0 Å². The van der Waals surface area contributed by atoms with E-state index in [-0.39, 0.29) is 11.1 Å². The maximum absolute atomic E-state index is 12.9. The lowest BCUT2D eigenvalue weighted by Crippen LogP contribution is -2.60. The predicted octanol–water partition coefficient (Wildman–Crippen LogP) is 18.3. The fourth-order valence-electron chi connectivity index (χ4n) is 16.9. The molecular formula is C77H74Cl2N10O6S4. The van der Waals surface area contributed by atoms with Gasteiger partial charge in [0, 0.05) is 121 Å². The third kappa shape index (κ3) is 11.1. The molecule has 0 amide bonds. The zero-order chi connectivity index (χ0) is 67.8. The maximum atomic E-state index is 12.9. The molecule has 22 heteroatoms. The lowest BCUT2D eigenvalue weighted by atomic mass is 9.50. The Morgan fingerprint density at radius 2 is 1.02 bits per heavy atom. The standard InChI is InChI=1S/C39H38ClN5O3S2.C38H36ClN5O3S2/c1-22-34-32(45(41-22)39-16-23(17-39)18-39)21-49-19-25-14-26(44(3)42-25)20-50-27-13-24-7-4-5-8-28(24)33(15-27)48-12-6-9-29-30-10-11-31(40)35(34)36(30)43(2)37(29)38(46)47;1-21-33-31(44(42-21)38-15-22(16-38)17-38)20-48-18-24-13-25(41-40-24)19-49-26-12-23-6-3-4-7-27(23)32(14-26)47-11-5-8-28-29-9-10-30(39)34(33)35(29)43(2)36(28)37(45)46/h4-5,7-8,10-11,13-15,23H,6,9,12,16-21H2,1-3H3,(H,46,47);3-4,6-7,9-10,12-14,22H,5,8,11,15-20H2,1-2H3,(H,40,41)(H,45,46). The summed E-state index contributed by atoms with van der Waals surface area (Å²) >= 11 is 21.5. The first-order valence-electron chi connectivity index (χ1n) is 34.0. The van der Waals surface area contributed by atoms with Crippen LogP contribution in [0.1, 0.15) is 129 Å². The number of carboxylic acid groups (broad SMARTS) is 2. The van der Waals surface area contributed by atoms with Gasteiger partial charge in [0.1, 0.15) is 22.9 Å². The summed E-state index contributed by atoms with van der Waals surface area (Å²) in [4.78, 5) is 28.0. The number of aromatic carboxylic acids is 2. The van der Waals surface area contributed by atoms with E-state index in [4.69, 9.17) is 48.0 Å². The monoisotopic (exact) mass is 1430 g/mol. The van der Waals surface area contributed by atoms with Gasteiger partial charge in [-0.3, -0.25) is 19.1 Å². The van der Waals surface area contributed by atoms with Crippen molar-refractivity contribution >= 4 is 126 Å². The molecule has 8 aliphatic rings. The molecule has 6 fully saturated rings. The van der Waals surface area contributed by atoms with Gasteiger partial charge in [-0.15, -0.1) is 47.0 Å². The average molecular weight is 1430 g/mol. The molecule has 12 aromatic rings. The molecule has 3 N–H and O–H groups in total. The van der Waals surface area contributed by atoms with Gasteiger partial charge in [-0.1, -0.05) is 83.9 Å². The Kier molecular flexibility index (Phi) is 16.6. The van der Waals surface area contributed by atoms with Crippen LogP contribution in [0.5, 0.6) is 11.5 Å². The van der Waals surface area contributed by atoms with Gasteiger partial charge in [0.05, 0.1) is 79.5 Å². The second-order valence-corrected chi connectivity index (χ2v) is 32.8. The van der Waals surface area contributed by atoms with Crippen molar-refractivity contribution in [3.05, 3.63) is 187 Å². The maximum Gasteiger partial charge on any atom is 0.352 e. The number of rotatable bonds is 4. The number of hydrogen-bond acceptors (Lipinski definition) is 12. The van der Waals surface area contributed by atoms with Gasteiger partial charge in [0.15, 0.2) is 0 Å². The summed E-state index contributed by atoms with van der Waals surface area (Å²) in [7, 11) is 5.73. The van der Waals surface area contributed by atoms with Crippen molar-refractivity contribution in [3.63, 3.8) is 0 Å². The van der Waals surface area contributed by atoms with Gasteiger partial charge in [-0.05, 0) is 160 Å². The van der Waals surface area contributed by atoms with Gasteiger partial charge in [0.2, 0.25) is 0 Å². The van der Waals surface area contributed by atoms with Crippen molar-refractivity contribution in [2.75, 3.05) is 13.2 Å². The van der Waals surface area contributed by atoms with Crippen LogP contribution in [0.15, 0.2) is 119 Å². The molecule has 8 heterocycles. The van der Waals surface area contributed by atoms with E-state index >= 15 is 0 Å². The summed E-state index contributed by atoms with van der Waals surface area (Å²) in [6.45, 7) is 5.05. The van der Waals surface area contributed by atoms with Crippen molar-refractivity contribution in [1.29, 1.82) is 0 Å². The van der Waals surface area contributed by atoms with Gasteiger partial charge < -0.3 is 28.8 Å². The highest BCUT2D eigenvalue weighted by atomic mass is 35.5. The molecule has 0 radical (unpaired) electrons. The Labute approximate surface area is 599 Å². The van der Waals surface area contributed by atoms with Crippen LogP contribution in [0.25, 0.3) is 65.6 Å². The Balaban J connectivity index is 0.000000148. The summed E-state index contributed by atoms with van der Waals surface area (Å²) < 4.78 is 23.2. The fraction of sp³-hybridized carbons (Fsp3) is 0.351. The van der Waals surface area contributed by atoms with E-state index in [0.29, 0.717) is 60.3 Å². The first-order valence-corrected chi connectivity index (χ1v) is 39.1. The molecule has 0 spiro atoms. The third-order valence-corrected chi connectivity index (χ3v) is 26.3. The number of carboxylic acids is 2. The Morgan fingerprint density at radius 3 is 1.49 bits per heavy atom. The molecule has 2 aliphatic heterocycles. The second-order valence-electron chi connectivity index (χ2n) is 28.0. The number of H-pyrrole nitrogens is 1. The zero-order valence-electron chi connectivity index (χ0n) is 55.7. The van der Waals surface area contributed by atoms with Crippen LogP contribution in [-0.2, 0) is 79.6 Å². The number of halogens is 2. The van der Waals surface area contributed by atoms with Crippen molar-refractivity contribution < 1.29 is 29.3 Å². The van der Waals surface area contributed by atoms with Crippen molar-refractivity contribution in [2.24, 2.45) is 33.0 Å². The summed E-state index contributed by atoms with van der Waals surface area (Å²) in [5, 5.41) is 51.8. The quantitative estimate of drug-likeness (QED) is 0.151. The summed E-state index contributed by atoms with van der Waals surface area (Å²) in [6, 6.07) is 37.5. The largest absolute Gasteiger partial charge is 0.493 e. The second kappa shape index (κ2) is 25.4. The van der Waals surface area contributed by atoms with E-state index in [1.54, 1.807) is 23.5 Å². The molecule has 0 unspecified atom stereocenters. The number of aryl methyl sites for hydroxylation is 7. The average Bonchev–Trinajstić information content (AvgIpc) is 1.64. The molecule has 99 heavy (non-hydrogen) atoms. The Morgan fingerprint density at radius 1 is 0.545 bits per heavy atom. The minimum Gasteiger partial charge on any atom is -0.493 e. The van der Waals surface area contributed by atoms with Crippen molar-refractivity contribution in [2.45, 2.75) is 133 Å². The molecule has 6 aromatic carbocycles. The van der Waals surface area contributed by atoms with E-state index < -0.39 is 11.9 Å². The van der Waals surface area contributed by atoms with E-state index in [9.17, 15) is 19.8 Å². The minimum absolute atomic E-state index is 0.0820. The summed E-state index contributed by atoms with van der Waals surface area (Å²) in [6.07, 6.45) is 9.43. The van der Waals surface area contributed by atoms with Crippen LogP contribution in [0, 0.1) is 25.7 Å². The third-order valence-electron chi connectivity index (χ3n) is 21.7. The van der Waals surface area contributed by atoms with Gasteiger partial charge in [-0.2, -0.15) is 20.4 Å². The van der Waals surface area contributed by atoms with E-state index in [1.165, 1.54) is 44.2 Å². The number of aromatic amines is 1. The first-order chi connectivity index (χ1) is 48.0. The topological polar surface area (TPSA) is 185 Å². The highest BCUT2D eigenvalue weighted by Crippen LogP contribution is 2.64. The number of fused-ring (bicyclic) bond motifs is 16. The van der Waals surface area contributed by atoms with Crippen LogP contribution < -0.4 is 9.47 Å². The lowest BCUT2D eigenvalue weighted by molar-refractivity contribution is -0.0994.